The van der Waals surface area contributed by atoms with Crippen LogP contribution in [0.5, 0.6) is 11.5 Å². The Bertz CT molecular complexity index is 1970. The van der Waals surface area contributed by atoms with Crippen LogP contribution >= 0.6 is 0 Å². The van der Waals surface area contributed by atoms with E-state index in [0.717, 1.165) is 84.2 Å². The van der Waals surface area contributed by atoms with Gasteiger partial charge in [0.1, 0.15) is 22.9 Å². The normalized spacial score (nSPS) is 12.6. The van der Waals surface area contributed by atoms with Gasteiger partial charge in [0.15, 0.2) is 0 Å². The molecule has 0 aliphatic heterocycles. The largest absolute Gasteiger partial charge is 0.494 e. The van der Waals surface area contributed by atoms with Gasteiger partial charge in [-0.2, -0.15) is 13.0 Å². The lowest BCUT2D eigenvalue weighted by Gasteiger charge is -2.26. The zero-order chi connectivity index (χ0) is 36.2. The highest BCUT2D eigenvalue weighted by Crippen LogP contribution is 2.36. The Morgan fingerprint density at radius 3 is 1.78 bits per heavy atom. The summed E-state index contributed by atoms with van der Waals surface area (Å²) in [5, 5.41) is 0. The molecular formula is C43H49N2O5S+. The van der Waals surface area contributed by atoms with Crippen molar-refractivity contribution in [1.82, 2.24) is 0 Å². The molecule has 4 aromatic carbocycles. The van der Waals surface area contributed by atoms with Gasteiger partial charge in [0.25, 0.3) is 10.1 Å². The Balaban J connectivity index is 1.59. The number of hydrogen-bond acceptors (Lipinski definition) is 5. The van der Waals surface area contributed by atoms with Crippen molar-refractivity contribution in [3.05, 3.63) is 138 Å². The predicted octanol–water partition coefficient (Wildman–Crippen LogP) is 10.2. The number of allylic oxidation sites excluding steroid dienone is 5. The summed E-state index contributed by atoms with van der Waals surface area (Å²) in [6.07, 6.45) is 12.4. The standard InChI is InChI=1S/C43H48N2O5S/c1-5-9-31-44(37-23-27-39(28-24-37)49-7-3)35-19-15-33(16-20-35)43(41-13-11-12-14-42(41)51(46,47)48)34-17-21-36(22-18-34)45(32-10-6-2)38-25-29-40(30-26-38)50-8-4/h11-30H,5-10,31-32H2,1-4H3/p+1. The highest BCUT2D eigenvalue weighted by atomic mass is 32.2. The lowest BCUT2D eigenvalue weighted by atomic mass is 9.90. The van der Waals surface area contributed by atoms with Gasteiger partial charge in [0, 0.05) is 54.2 Å². The van der Waals surface area contributed by atoms with Gasteiger partial charge >= 0.3 is 0 Å². The molecule has 0 spiro atoms. The SMILES string of the molecule is CCCCN(c1ccc(OCC)cc1)c1ccc(C(=C2C=CC(=[N+](CCCC)c3ccc(OCC)cc3)C=C2)c2ccccc2S(=O)(=O)O)cc1. The van der Waals surface area contributed by atoms with Crippen LogP contribution in [0.3, 0.4) is 0 Å². The number of hydrogen-bond donors (Lipinski definition) is 1. The molecule has 1 N–H and O–H groups in total. The zero-order valence-electron chi connectivity index (χ0n) is 30.1. The average Bonchev–Trinajstić information content (AvgIpc) is 3.14. The van der Waals surface area contributed by atoms with Crippen molar-refractivity contribution < 1.29 is 27.0 Å². The molecule has 0 bridgehead atoms. The van der Waals surface area contributed by atoms with E-state index in [9.17, 15) is 13.0 Å². The molecule has 0 atom stereocenters. The summed E-state index contributed by atoms with van der Waals surface area (Å²) in [4.78, 5) is 2.15. The van der Waals surface area contributed by atoms with Crippen LogP contribution < -0.4 is 14.4 Å². The van der Waals surface area contributed by atoms with Crippen LogP contribution in [0.4, 0.5) is 17.1 Å². The van der Waals surface area contributed by atoms with Crippen LogP contribution in [0.15, 0.2) is 132 Å². The fraction of sp³-hybridized carbons (Fsp3) is 0.279. The molecular weight excluding hydrogens is 657 g/mol. The Kier molecular flexibility index (Phi) is 13.1. The maximum absolute atomic E-state index is 12.7. The minimum atomic E-state index is -4.50. The number of rotatable bonds is 16. The first-order valence-electron chi connectivity index (χ1n) is 17.9. The van der Waals surface area contributed by atoms with Crippen LogP contribution in [0.25, 0.3) is 5.57 Å². The number of nitrogens with zero attached hydrogens (tertiary/aromatic N) is 2. The lowest BCUT2D eigenvalue weighted by molar-refractivity contribution is -0.439. The third-order valence-electron chi connectivity index (χ3n) is 8.76. The van der Waals surface area contributed by atoms with Crippen molar-refractivity contribution in [3.8, 4) is 11.5 Å². The molecule has 0 heterocycles. The predicted molar refractivity (Wildman–Crippen MR) is 209 cm³/mol. The van der Waals surface area contributed by atoms with Crippen LogP contribution in [0, 0.1) is 0 Å². The second-order valence-corrected chi connectivity index (χ2v) is 13.7. The van der Waals surface area contributed by atoms with E-state index >= 15 is 0 Å². The summed E-state index contributed by atoms with van der Waals surface area (Å²) < 4.78 is 49.3. The minimum absolute atomic E-state index is 0.133. The zero-order valence-corrected chi connectivity index (χ0v) is 30.9. The number of unbranched alkanes of at least 4 members (excludes halogenated alkanes) is 2. The molecule has 0 amide bonds. The van der Waals surface area contributed by atoms with E-state index in [1.807, 2.05) is 62.4 Å². The van der Waals surface area contributed by atoms with Crippen LogP contribution in [-0.2, 0) is 10.1 Å². The van der Waals surface area contributed by atoms with E-state index in [0.29, 0.717) is 24.4 Å². The monoisotopic (exact) mass is 705 g/mol. The molecule has 0 fully saturated rings. The van der Waals surface area contributed by atoms with Gasteiger partial charge in [-0.3, -0.25) is 4.55 Å². The van der Waals surface area contributed by atoms with Gasteiger partial charge in [0.2, 0.25) is 11.4 Å². The van der Waals surface area contributed by atoms with Gasteiger partial charge < -0.3 is 14.4 Å². The van der Waals surface area contributed by atoms with Gasteiger partial charge in [-0.05, 0) is 104 Å². The highest BCUT2D eigenvalue weighted by molar-refractivity contribution is 7.86. The Hall–Kier alpha value is -4.92. The number of anilines is 2. The van der Waals surface area contributed by atoms with E-state index in [-0.39, 0.29) is 4.90 Å². The summed E-state index contributed by atoms with van der Waals surface area (Å²) >= 11 is 0. The molecule has 0 unspecified atom stereocenters. The quantitative estimate of drug-likeness (QED) is 0.0924. The van der Waals surface area contributed by atoms with E-state index in [1.165, 1.54) is 6.07 Å². The molecule has 266 valence electrons. The lowest BCUT2D eigenvalue weighted by Crippen LogP contribution is -2.18. The van der Waals surface area contributed by atoms with Gasteiger partial charge in [-0.25, -0.2) is 0 Å². The van der Waals surface area contributed by atoms with Gasteiger partial charge in [0.05, 0.1) is 13.2 Å². The third kappa shape index (κ3) is 9.45. The van der Waals surface area contributed by atoms with Gasteiger partial charge in [-0.15, -0.1) is 0 Å². The molecule has 4 aromatic rings. The van der Waals surface area contributed by atoms with Crippen molar-refractivity contribution in [2.24, 2.45) is 0 Å². The van der Waals surface area contributed by atoms with E-state index in [1.54, 1.807) is 18.2 Å². The first-order valence-corrected chi connectivity index (χ1v) is 19.4. The average molecular weight is 706 g/mol. The van der Waals surface area contributed by atoms with Crippen molar-refractivity contribution in [1.29, 1.82) is 0 Å². The Labute approximate surface area is 303 Å². The van der Waals surface area contributed by atoms with E-state index < -0.39 is 10.1 Å². The summed E-state index contributed by atoms with van der Waals surface area (Å²) in [7, 11) is -4.50. The topological polar surface area (TPSA) is 79.1 Å². The van der Waals surface area contributed by atoms with Crippen molar-refractivity contribution in [2.45, 2.75) is 58.3 Å². The first-order chi connectivity index (χ1) is 24.8. The van der Waals surface area contributed by atoms with E-state index in [4.69, 9.17) is 9.47 Å². The third-order valence-corrected chi connectivity index (χ3v) is 9.67. The highest BCUT2D eigenvalue weighted by Gasteiger charge is 2.23. The molecule has 0 aromatic heterocycles. The summed E-state index contributed by atoms with van der Waals surface area (Å²) in [6.45, 7) is 11.2. The summed E-state index contributed by atoms with van der Waals surface area (Å²) in [5.74, 6) is 1.67. The van der Waals surface area contributed by atoms with Crippen molar-refractivity contribution >= 4 is 38.5 Å². The molecule has 0 saturated heterocycles. The summed E-state index contributed by atoms with van der Waals surface area (Å²) in [5.41, 5.74) is 6.99. The molecule has 8 heteroatoms. The minimum Gasteiger partial charge on any atom is -0.494 e. The number of benzene rings is 4. The Morgan fingerprint density at radius 1 is 0.686 bits per heavy atom. The summed E-state index contributed by atoms with van der Waals surface area (Å²) in [6, 6.07) is 31.1. The van der Waals surface area contributed by atoms with Crippen LogP contribution in [0.1, 0.15) is 64.5 Å². The molecule has 0 saturated carbocycles. The van der Waals surface area contributed by atoms with Gasteiger partial charge in [-0.1, -0.05) is 57.0 Å². The maximum atomic E-state index is 12.7. The fourth-order valence-electron chi connectivity index (χ4n) is 6.22. The molecule has 7 nitrogen and oxygen atoms in total. The van der Waals surface area contributed by atoms with Crippen LogP contribution in [-0.4, -0.2) is 49.6 Å². The van der Waals surface area contributed by atoms with Crippen molar-refractivity contribution in [3.63, 3.8) is 0 Å². The molecule has 1 aliphatic rings. The molecule has 5 rings (SSSR count). The first kappa shape index (κ1) is 37.3. The molecule has 51 heavy (non-hydrogen) atoms. The second kappa shape index (κ2) is 17.8. The second-order valence-electron chi connectivity index (χ2n) is 12.3. The van der Waals surface area contributed by atoms with E-state index in [2.05, 4.69) is 71.9 Å². The van der Waals surface area contributed by atoms with Crippen molar-refractivity contribution in [2.75, 3.05) is 31.2 Å². The Morgan fingerprint density at radius 2 is 1.24 bits per heavy atom. The fourth-order valence-corrected chi connectivity index (χ4v) is 6.92. The smallest absolute Gasteiger partial charge is 0.295 e. The molecule has 1 aliphatic carbocycles. The maximum Gasteiger partial charge on any atom is 0.295 e. The number of ether oxygens (including phenoxy) is 2. The molecule has 0 radical (unpaired) electrons. The van der Waals surface area contributed by atoms with Crippen LogP contribution in [0.2, 0.25) is 0 Å².